The average Bonchev–Trinajstić information content (AvgIpc) is 3.27. The molecule has 0 atom stereocenters. The first kappa shape index (κ1) is 20.2. The monoisotopic (exact) mass is 440 g/mol. The number of hydrogen-bond donors (Lipinski definition) is 1. The maximum atomic E-state index is 6.25. The number of benzene rings is 4. The predicted octanol–water partition coefficient (Wildman–Crippen LogP) is 7.34. The van der Waals surface area contributed by atoms with Gasteiger partial charge < -0.3 is 14.5 Å². The SMILES string of the molecule is Clc1ccccc1COc1ccccc1CNc1ccc2oc(-c3ccccc3)nc2c1. The number of para-hydroxylation sites is 1. The van der Waals surface area contributed by atoms with Crippen LogP contribution in [0.3, 0.4) is 0 Å². The zero-order valence-corrected chi connectivity index (χ0v) is 18.0. The van der Waals surface area contributed by atoms with Crippen LogP contribution in [0.5, 0.6) is 5.75 Å². The molecule has 5 aromatic rings. The molecule has 0 amide bonds. The summed E-state index contributed by atoms with van der Waals surface area (Å²) in [4.78, 5) is 4.64. The van der Waals surface area contributed by atoms with E-state index in [1.807, 2.05) is 91.0 Å². The second kappa shape index (κ2) is 9.16. The fourth-order valence-electron chi connectivity index (χ4n) is 3.50. The number of anilines is 1. The fraction of sp³-hybridized carbons (Fsp3) is 0.0741. The van der Waals surface area contributed by atoms with E-state index in [0.29, 0.717) is 24.1 Å². The molecular formula is C27H21ClN2O2. The van der Waals surface area contributed by atoms with Crippen molar-refractivity contribution in [1.29, 1.82) is 0 Å². The summed E-state index contributed by atoms with van der Waals surface area (Å²) in [5.74, 6) is 1.45. The van der Waals surface area contributed by atoms with Crippen molar-refractivity contribution in [1.82, 2.24) is 4.98 Å². The van der Waals surface area contributed by atoms with Gasteiger partial charge in [-0.1, -0.05) is 66.2 Å². The summed E-state index contributed by atoms with van der Waals surface area (Å²) >= 11 is 6.25. The molecular weight excluding hydrogens is 420 g/mol. The second-order valence-electron chi connectivity index (χ2n) is 7.41. The van der Waals surface area contributed by atoms with Gasteiger partial charge in [-0.15, -0.1) is 0 Å². The third kappa shape index (κ3) is 4.46. The normalized spacial score (nSPS) is 10.9. The molecule has 0 saturated carbocycles. The summed E-state index contributed by atoms with van der Waals surface area (Å²) in [6.45, 7) is 1.04. The van der Waals surface area contributed by atoms with Gasteiger partial charge in [0.05, 0.1) is 0 Å². The number of nitrogens with zero attached hydrogens (tertiary/aromatic N) is 1. The van der Waals surface area contributed by atoms with Gasteiger partial charge in [-0.2, -0.15) is 0 Å². The minimum absolute atomic E-state index is 0.420. The van der Waals surface area contributed by atoms with E-state index in [1.165, 1.54) is 0 Å². The third-order valence-electron chi connectivity index (χ3n) is 5.20. The van der Waals surface area contributed by atoms with Gasteiger partial charge in [-0.3, -0.25) is 0 Å². The van der Waals surface area contributed by atoms with Crippen molar-refractivity contribution in [3.05, 3.63) is 113 Å². The van der Waals surface area contributed by atoms with E-state index < -0.39 is 0 Å². The number of aromatic nitrogens is 1. The molecule has 32 heavy (non-hydrogen) atoms. The number of oxazole rings is 1. The summed E-state index contributed by atoms with van der Waals surface area (Å²) in [6, 6.07) is 31.6. The molecule has 0 aliphatic rings. The van der Waals surface area contributed by atoms with Crippen molar-refractivity contribution in [2.75, 3.05) is 5.32 Å². The smallest absolute Gasteiger partial charge is 0.227 e. The van der Waals surface area contributed by atoms with Crippen LogP contribution >= 0.6 is 11.6 Å². The number of ether oxygens (including phenoxy) is 1. The van der Waals surface area contributed by atoms with Gasteiger partial charge in [0.15, 0.2) is 5.58 Å². The zero-order chi connectivity index (χ0) is 21.8. The molecule has 5 heteroatoms. The molecule has 1 aromatic heterocycles. The number of halogens is 1. The predicted molar refractivity (Wildman–Crippen MR) is 129 cm³/mol. The van der Waals surface area contributed by atoms with E-state index in [9.17, 15) is 0 Å². The molecule has 0 saturated heterocycles. The van der Waals surface area contributed by atoms with Gasteiger partial charge in [0.2, 0.25) is 5.89 Å². The van der Waals surface area contributed by atoms with Gasteiger partial charge in [-0.25, -0.2) is 4.98 Å². The van der Waals surface area contributed by atoms with Crippen LogP contribution in [-0.2, 0) is 13.2 Å². The summed E-state index contributed by atoms with van der Waals surface area (Å²) < 4.78 is 12.0. The lowest BCUT2D eigenvalue weighted by molar-refractivity contribution is 0.303. The van der Waals surface area contributed by atoms with Crippen LogP contribution in [0.15, 0.2) is 101 Å². The van der Waals surface area contributed by atoms with E-state index in [4.69, 9.17) is 20.8 Å². The highest BCUT2D eigenvalue weighted by molar-refractivity contribution is 6.31. The first-order valence-electron chi connectivity index (χ1n) is 10.4. The van der Waals surface area contributed by atoms with E-state index >= 15 is 0 Å². The molecule has 5 rings (SSSR count). The van der Waals surface area contributed by atoms with Crippen molar-refractivity contribution in [2.45, 2.75) is 13.2 Å². The Labute approximate surface area is 191 Å². The Morgan fingerprint density at radius 2 is 1.56 bits per heavy atom. The van der Waals surface area contributed by atoms with Gasteiger partial charge in [0.1, 0.15) is 17.9 Å². The summed E-state index contributed by atoms with van der Waals surface area (Å²) in [5, 5.41) is 4.17. The maximum absolute atomic E-state index is 6.25. The van der Waals surface area contributed by atoms with E-state index in [-0.39, 0.29) is 0 Å². The van der Waals surface area contributed by atoms with Gasteiger partial charge in [-0.05, 0) is 42.5 Å². The van der Waals surface area contributed by atoms with Crippen molar-refractivity contribution >= 4 is 28.4 Å². The lowest BCUT2D eigenvalue weighted by atomic mass is 10.2. The van der Waals surface area contributed by atoms with Crippen molar-refractivity contribution < 1.29 is 9.15 Å². The van der Waals surface area contributed by atoms with E-state index in [1.54, 1.807) is 0 Å². The van der Waals surface area contributed by atoms with Gasteiger partial charge in [0.25, 0.3) is 0 Å². The first-order valence-corrected chi connectivity index (χ1v) is 10.8. The molecule has 0 fully saturated rings. The van der Waals surface area contributed by atoms with Crippen molar-refractivity contribution in [3.8, 4) is 17.2 Å². The van der Waals surface area contributed by atoms with Crippen LogP contribution in [0.25, 0.3) is 22.6 Å². The molecule has 0 radical (unpaired) electrons. The number of hydrogen-bond acceptors (Lipinski definition) is 4. The molecule has 0 unspecified atom stereocenters. The molecule has 158 valence electrons. The molecule has 0 aliphatic heterocycles. The lowest BCUT2D eigenvalue weighted by Gasteiger charge is -2.13. The average molecular weight is 441 g/mol. The van der Waals surface area contributed by atoms with Crippen LogP contribution in [0.1, 0.15) is 11.1 Å². The first-order chi connectivity index (χ1) is 15.8. The van der Waals surface area contributed by atoms with Crippen LogP contribution in [0.2, 0.25) is 5.02 Å². The highest BCUT2D eigenvalue weighted by atomic mass is 35.5. The Bertz CT molecular complexity index is 1350. The highest BCUT2D eigenvalue weighted by Gasteiger charge is 2.09. The Morgan fingerprint density at radius 1 is 0.812 bits per heavy atom. The number of fused-ring (bicyclic) bond motifs is 1. The second-order valence-corrected chi connectivity index (χ2v) is 7.82. The molecule has 0 bridgehead atoms. The Kier molecular flexibility index (Phi) is 5.77. The molecule has 1 heterocycles. The zero-order valence-electron chi connectivity index (χ0n) is 17.3. The van der Waals surface area contributed by atoms with Crippen LogP contribution in [0.4, 0.5) is 5.69 Å². The molecule has 4 nitrogen and oxygen atoms in total. The summed E-state index contributed by atoms with van der Waals surface area (Å²) in [7, 11) is 0. The minimum Gasteiger partial charge on any atom is -0.488 e. The van der Waals surface area contributed by atoms with Crippen LogP contribution in [0, 0.1) is 0 Å². The fourth-order valence-corrected chi connectivity index (χ4v) is 3.69. The minimum atomic E-state index is 0.420. The van der Waals surface area contributed by atoms with Crippen molar-refractivity contribution in [2.24, 2.45) is 0 Å². The van der Waals surface area contributed by atoms with Crippen molar-refractivity contribution in [3.63, 3.8) is 0 Å². The maximum Gasteiger partial charge on any atom is 0.227 e. The number of nitrogens with one attached hydrogen (secondary N) is 1. The Hall–Kier alpha value is -3.76. The van der Waals surface area contributed by atoms with E-state index in [0.717, 1.165) is 39.2 Å². The largest absolute Gasteiger partial charge is 0.488 e. The van der Waals surface area contributed by atoms with Gasteiger partial charge in [0, 0.05) is 33.9 Å². The molecule has 1 N–H and O–H groups in total. The molecule has 0 aliphatic carbocycles. The topological polar surface area (TPSA) is 47.3 Å². The Morgan fingerprint density at radius 3 is 2.41 bits per heavy atom. The molecule has 4 aromatic carbocycles. The quantitative estimate of drug-likeness (QED) is 0.287. The van der Waals surface area contributed by atoms with Crippen LogP contribution < -0.4 is 10.1 Å². The molecule has 0 spiro atoms. The third-order valence-corrected chi connectivity index (χ3v) is 5.57. The summed E-state index contributed by atoms with van der Waals surface area (Å²) in [6.07, 6.45) is 0. The van der Waals surface area contributed by atoms with Gasteiger partial charge >= 0.3 is 0 Å². The highest BCUT2D eigenvalue weighted by Crippen LogP contribution is 2.27. The lowest BCUT2D eigenvalue weighted by Crippen LogP contribution is -2.04. The standard InChI is InChI=1S/C27H21ClN2O2/c28-23-12-6-4-11-21(23)18-31-25-13-7-5-10-20(25)17-29-22-14-15-26-24(16-22)30-27(32-26)19-8-2-1-3-9-19/h1-16,29H,17-18H2. The van der Waals surface area contributed by atoms with E-state index in [2.05, 4.69) is 16.4 Å². The summed E-state index contributed by atoms with van der Waals surface area (Å²) in [5.41, 5.74) is 5.52. The Balaban J connectivity index is 1.30. The number of rotatable bonds is 7. The van der Waals surface area contributed by atoms with Crippen LogP contribution in [-0.4, -0.2) is 4.98 Å².